The second-order valence-corrected chi connectivity index (χ2v) is 5.28. The van der Waals surface area contributed by atoms with Gasteiger partial charge >= 0.3 is 0 Å². The summed E-state index contributed by atoms with van der Waals surface area (Å²) in [6.45, 7) is 3.88. The van der Waals surface area contributed by atoms with Crippen LogP contribution in [0.2, 0.25) is 0 Å². The van der Waals surface area contributed by atoms with Crippen molar-refractivity contribution in [2.45, 2.75) is 25.9 Å². The molecule has 0 radical (unpaired) electrons. The van der Waals surface area contributed by atoms with E-state index in [0.29, 0.717) is 6.42 Å². The van der Waals surface area contributed by atoms with Crippen molar-refractivity contribution in [1.29, 1.82) is 0 Å². The van der Waals surface area contributed by atoms with Gasteiger partial charge in [0.15, 0.2) is 0 Å². The Hall–Kier alpha value is -1.06. The highest BCUT2D eigenvalue weighted by Crippen LogP contribution is 2.30. The molecule has 80 valence electrons. The topological polar surface area (TPSA) is 33.4 Å². The maximum Gasteiger partial charge on any atom is 0.100 e. The average Bonchev–Trinajstić information content (AvgIpc) is 2.75. The molecule has 1 unspecified atom stereocenters. The first-order valence-electron chi connectivity index (χ1n) is 4.88. The van der Waals surface area contributed by atoms with Gasteiger partial charge in [0.2, 0.25) is 0 Å². The van der Waals surface area contributed by atoms with Gasteiger partial charge in [-0.05, 0) is 37.6 Å². The maximum atomic E-state index is 10.3. The highest BCUT2D eigenvalue weighted by Gasteiger charge is 2.25. The molecule has 0 saturated heterocycles. The minimum Gasteiger partial charge on any atom is -0.472 e. The summed E-state index contributed by atoms with van der Waals surface area (Å²) in [4.78, 5) is 2.22. The molecule has 0 saturated carbocycles. The Kier molecular flexibility index (Phi) is 2.67. The number of furan rings is 1. The number of hydrogen-bond donors (Lipinski definition) is 1. The molecule has 2 heterocycles. The van der Waals surface area contributed by atoms with Crippen LogP contribution in [0.25, 0.3) is 0 Å². The van der Waals surface area contributed by atoms with Crippen molar-refractivity contribution in [2.24, 2.45) is 0 Å². The molecule has 0 amide bonds. The lowest BCUT2D eigenvalue weighted by molar-refractivity contribution is 0.0613. The van der Waals surface area contributed by atoms with Gasteiger partial charge in [-0.2, -0.15) is 0 Å². The molecular formula is C12H14O2S. The minimum absolute atomic E-state index is 0.587. The summed E-state index contributed by atoms with van der Waals surface area (Å²) in [7, 11) is 0. The fraction of sp³-hybridized carbons (Fsp3) is 0.333. The van der Waals surface area contributed by atoms with Crippen molar-refractivity contribution < 1.29 is 9.52 Å². The van der Waals surface area contributed by atoms with Crippen LogP contribution in [0.4, 0.5) is 0 Å². The van der Waals surface area contributed by atoms with Gasteiger partial charge < -0.3 is 9.52 Å². The fourth-order valence-corrected chi connectivity index (χ4v) is 2.51. The molecule has 0 spiro atoms. The Morgan fingerprint density at radius 1 is 1.40 bits per heavy atom. The third kappa shape index (κ3) is 2.30. The van der Waals surface area contributed by atoms with Crippen LogP contribution >= 0.6 is 11.3 Å². The monoisotopic (exact) mass is 222 g/mol. The number of thiophene rings is 1. The van der Waals surface area contributed by atoms with Crippen LogP contribution in [0.3, 0.4) is 0 Å². The van der Waals surface area contributed by atoms with Gasteiger partial charge in [-0.15, -0.1) is 11.3 Å². The average molecular weight is 222 g/mol. The van der Waals surface area contributed by atoms with E-state index in [0.717, 1.165) is 10.4 Å². The van der Waals surface area contributed by atoms with Crippen molar-refractivity contribution >= 4 is 11.3 Å². The summed E-state index contributed by atoms with van der Waals surface area (Å²) >= 11 is 1.64. The van der Waals surface area contributed by atoms with E-state index in [1.54, 1.807) is 23.9 Å². The molecule has 2 rings (SSSR count). The molecule has 0 aromatic carbocycles. The Bertz CT molecular complexity index is 426. The Morgan fingerprint density at radius 2 is 2.20 bits per heavy atom. The lowest BCUT2D eigenvalue weighted by atomic mass is 9.97. The van der Waals surface area contributed by atoms with Crippen molar-refractivity contribution in [3.8, 4) is 0 Å². The smallest absolute Gasteiger partial charge is 0.100 e. The van der Waals surface area contributed by atoms with Gasteiger partial charge in [-0.1, -0.05) is 0 Å². The quantitative estimate of drug-likeness (QED) is 0.865. The Balaban J connectivity index is 2.20. The summed E-state index contributed by atoms with van der Waals surface area (Å²) in [6.07, 6.45) is 3.89. The molecule has 1 atom stereocenters. The van der Waals surface area contributed by atoms with Gasteiger partial charge in [0.25, 0.3) is 0 Å². The largest absolute Gasteiger partial charge is 0.472 e. The first-order valence-corrected chi connectivity index (χ1v) is 5.70. The highest BCUT2D eigenvalue weighted by atomic mass is 32.1. The van der Waals surface area contributed by atoms with Gasteiger partial charge in [-0.25, -0.2) is 0 Å². The third-order valence-electron chi connectivity index (χ3n) is 2.40. The summed E-state index contributed by atoms with van der Waals surface area (Å²) in [5.41, 5.74) is 0.217. The van der Waals surface area contributed by atoms with Crippen LogP contribution < -0.4 is 0 Å². The van der Waals surface area contributed by atoms with Crippen LogP contribution in [-0.4, -0.2) is 5.11 Å². The summed E-state index contributed by atoms with van der Waals surface area (Å²) < 4.78 is 4.99. The number of aryl methyl sites for hydroxylation is 1. The van der Waals surface area contributed by atoms with Crippen LogP contribution in [0, 0.1) is 6.92 Å². The van der Waals surface area contributed by atoms with Gasteiger partial charge in [0, 0.05) is 16.2 Å². The first kappa shape index (κ1) is 10.5. The molecular weight excluding hydrogens is 208 g/mol. The molecule has 2 aromatic rings. The summed E-state index contributed by atoms with van der Waals surface area (Å²) in [5, 5.41) is 10.3. The molecule has 3 heteroatoms. The second kappa shape index (κ2) is 3.83. The normalized spacial score (nSPS) is 15.1. The van der Waals surface area contributed by atoms with Crippen molar-refractivity contribution in [3.63, 3.8) is 0 Å². The third-order valence-corrected chi connectivity index (χ3v) is 3.65. The molecule has 2 aromatic heterocycles. The lowest BCUT2D eigenvalue weighted by Crippen LogP contribution is -2.22. The van der Waals surface area contributed by atoms with Crippen LogP contribution in [-0.2, 0) is 12.0 Å². The zero-order valence-corrected chi connectivity index (χ0v) is 9.67. The minimum atomic E-state index is -0.803. The van der Waals surface area contributed by atoms with E-state index in [4.69, 9.17) is 4.42 Å². The molecule has 0 bridgehead atoms. The second-order valence-electron chi connectivity index (χ2n) is 3.99. The number of aliphatic hydroxyl groups is 1. The Labute approximate surface area is 93.2 Å². The van der Waals surface area contributed by atoms with E-state index in [2.05, 4.69) is 0 Å². The molecule has 1 N–H and O–H groups in total. The Morgan fingerprint density at radius 3 is 2.73 bits per heavy atom. The van der Waals surface area contributed by atoms with Gasteiger partial charge in [-0.3, -0.25) is 0 Å². The zero-order chi connectivity index (χ0) is 10.9. The molecule has 0 aliphatic heterocycles. The van der Waals surface area contributed by atoms with E-state index in [-0.39, 0.29) is 0 Å². The fourth-order valence-electron chi connectivity index (χ4n) is 1.60. The van der Waals surface area contributed by atoms with E-state index in [9.17, 15) is 5.11 Å². The highest BCUT2D eigenvalue weighted by molar-refractivity contribution is 7.12. The van der Waals surface area contributed by atoms with E-state index < -0.39 is 5.60 Å². The first-order chi connectivity index (χ1) is 7.08. The van der Waals surface area contributed by atoms with Crippen molar-refractivity contribution in [2.75, 3.05) is 0 Å². The molecule has 0 fully saturated rings. The van der Waals surface area contributed by atoms with Crippen LogP contribution in [0.5, 0.6) is 0 Å². The maximum absolute atomic E-state index is 10.3. The number of rotatable bonds is 3. The predicted octanol–water partition coefficient (Wildman–Crippen LogP) is 3.10. The standard InChI is InChI=1S/C12H14O2S/c1-9-3-4-11(15-9)12(2,13)7-10-5-6-14-8-10/h3-6,8,13H,7H2,1-2H3. The van der Waals surface area contributed by atoms with Crippen molar-refractivity contribution in [3.05, 3.63) is 46.0 Å². The van der Waals surface area contributed by atoms with Gasteiger partial charge in [0.05, 0.1) is 12.5 Å². The predicted molar refractivity (Wildman–Crippen MR) is 61.0 cm³/mol. The van der Waals surface area contributed by atoms with Gasteiger partial charge in [0.1, 0.15) is 5.60 Å². The van der Waals surface area contributed by atoms with E-state index in [1.807, 2.05) is 32.0 Å². The molecule has 2 nitrogen and oxygen atoms in total. The number of hydrogen-bond acceptors (Lipinski definition) is 3. The summed E-state index contributed by atoms with van der Waals surface area (Å²) in [5.74, 6) is 0. The molecule has 0 aliphatic carbocycles. The zero-order valence-electron chi connectivity index (χ0n) is 8.86. The molecule has 15 heavy (non-hydrogen) atoms. The van der Waals surface area contributed by atoms with Crippen molar-refractivity contribution in [1.82, 2.24) is 0 Å². The SMILES string of the molecule is Cc1ccc(C(C)(O)Cc2ccoc2)s1. The van der Waals surface area contributed by atoms with Crippen LogP contribution in [0.15, 0.2) is 35.1 Å². The lowest BCUT2D eigenvalue weighted by Gasteiger charge is -2.20. The van der Waals surface area contributed by atoms with E-state index >= 15 is 0 Å². The molecule has 0 aliphatic rings. The van der Waals surface area contributed by atoms with Crippen LogP contribution in [0.1, 0.15) is 22.2 Å². The van der Waals surface area contributed by atoms with E-state index in [1.165, 1.54) is 4.88 Å². The summed E-state index contributed by atoms with van der Waals surface area (Å²) in [6, 6.07) is 5.90.